The number of fused-ring (bicyclic) bond motifs is 1. The van der Waals surface area contributed by atoms with Crippen molar-refractivity contribution in [2.24, 2.45) is 0 Å². The number of rotatable bonds is 6. The van der Waals surface area contributed by atoms with Crippen LogP contribution in [0.15, 0.2) is 54.7 Å². The molecule has 2 N–H and O–H groups in total. The van der Waals surface area contributed by atoms with E-state index in [2.05, 4.69) is 4.98 Å². The number of aliphatic hydroxyl groups is 1. The average Bonchev–Trinajstić information content (AvgIpc) is 3.02. The van der Waals surface area contributed by atoms with Crippen molar-refractivity contribution < 1.29 is 14.3 Å². The standard InChI is InChI=1S/C20H21FN2O2/c1-23(19(9-10-24)14-5-3-2-4-6-14)20(25)11-15-13-22-18-8-7-16(21)12-17(15)18/h2-8,12-13,19,22,24H,9-11H2,1H3. The first-order chi connectivity index (χ1) is 12.1. The van der Waals surface area contributed by atoms with Gasteiger partial charge in [0.1, 0.15) is 5.82 Å². The SMILES string of the molecule is CN(C(=O)Cc1c[nH]c2ccc(F)cc12)C(CCO)c1ccccc1. The summed E-state index contributed by atoms with van der Waals surface area (Å²) in [5, 5.41) is 10.1. The molecule has 0 saturated carbocycles. The summed E-state index contributed by atoms with van der Waals surface area (Å²) in [7, 11) is 1.74. The van der Waals surface area contributed by atoms with Crippen LogP contribution in [0.1, 0.15) is 23.6 Å². The Morgan fingerprint density at radius 1 is 1.24 bits per heavy atom. The first kappa shape index (κ1) is 17.2. The summed E-state index contributed by atoms with van der Waals surface area (Å²) in [5.74, 6) is -0.399. The molecule has 2 aromatic carbocycles. The number of likely N-dealkylation sites (N-methyl/N-ethyl adjacent to an activating group) is 1. The van der Waals surface area contributed by atoms with E-state index in [0.717, 1.165) is 22.0 Å². The molecule has 0 aliphatic rings. The Bertz CT molecular complexity index is 861. The molecule has 0 fully saturated rings. The summed E-state index contributed by atoms with van der Waals surface area (Å²) in [5.41, 5.74) is 2.56. The smallest absolute Gasteiger partial charge is 0.227 e. The molecule has 1 unspecified atom stereocenters. The number of aromatic nitrogens is 1. The van der Waals surface area contributed by atoms with Crippen LogP contribution in [0.3, 0.4) is 0 Å². The molecular weight excluding hydrogens is 319 g/mol. The van der Waals surface area contributed by atoms with Crippen LogP contribution in [0.5, 0.6) is 0 Å². The number of nitrogens with zero attached hydrogens (tertiary/aromatic N) is 1. The van der Waals surface area contributed by atoms with Gasteiger partial charge in [0.05, 0.1) is 12.5 Å². The molecule has 0 radical (unpaired) electrons. The third-order valence-corrected chi connectivity index (χ3v) is 4.52. The van der Waals surface area contributed by atoms with E-state index in [4.69, 9.17) is 0 Å². The third kappa shape index (κ3) is 3.72. The number of halogens is 1. The second-order valence-electron chi connectivity index (χ2n) is 6.12. The number of nitrogens with one attached hydrogen (secondary N) is 1. The maximum atomic E-state index is 13.5. The lowest BCUT2D eigenvalue weighted by Crippen LogP contribution is -2.33. The summed E-state index contributed by atoms with van der Waals surface area (Å²) in [6.45, 7) is -0.00449. The highest BCUT2D eigenvalue weighted by molar-refractivity contribution is 5.89. The molecule has 0 aliphatic carbocycles. The van der Waals surface area contributed by atoms with E-state index in [0.29, 0.717) is 6.42 Å². The van der Waals surface area contributed by atoms with Gasteiger partial charge in [-0.3, -0.25) is 4.79 Å². The van der Waals surface area contributed by atoms with Gasteiger partial charge in [-0.15, -0.1) is 0 Å². The van der Waals surface area contributed by atoms with Gasteiger partial charge in [-0.25, -0.2) is 4.39 Å². The third-order valence-electron chi connectivity index (χ3n) is 4.52. The van der Waals surface area contributed by atoms with Crippen molar-refractivity contribution in [1.82, 2.24) is 9.88 Å². The van der Waals surface area contributed by atoms with Crippen molar-refractivity contribution in [3.63, 3.8) is 0 Å². The van der Waals surface area contributed by atoms with Crippen LogP contribution in [-0.4, -0.2) is 34.6 Å². The zero-order valence-electron chi connectivity index (χ0n) is 14.1. The monoisotopic (exact) mass is 340 g/mol. The zero-order chi connectivity index (χ0) is 17.8. The van der Waals surface area contributed by atoms with Crippen molar-refractivity contribution in [3.05, 3.63) is 71.7 Å². The van der Waals surface area contributed by atoms with Crippen molar-refractivity contribution >= 4 is 16.8 Å². The van der Waals surface area contributed by atoms with Gasteiger partial charge in [-0.1, -0.05) is 30.3 Å². The topological polar surface area (TPSA) is 56.3 Å². The van der Waals surface area contributed by atoms with Gasteiger partial charge in [0, 0.05) is 30.8 Å². The highest BCUT2D eigenvalue weighted by atomic mass is 19.1. The van der Waals surface area contributed by atoms with Crippen LogP contribution in [0.2, 0.25) is 0 Å². The van der Waals surface area contributed by atoms with Crippen LogP contribution in [0, 0.1) is 5.82 Å². The fraction of sp³-hybridized carbons (Fsp3) is 0.250. The van der Waals surface area contributed by atoms with Gasteiger partial charge < -0.3 is 15.0 Å². The predicted molar refractivity (Wildman–Crippen MR) is 95.6 cm³/mol. The van der Waals surface area contributed by atoms with Crippen molar-refractivity contribution in [2.75, 3.05) is 13.7 Å². The van der Waals surface area contributed by atoms with Crippen molar-refractivity contribution in [1.29, 1.82) is 0 Å². The lowest BCUT2D eigenvalue weighted by atomic mass is 10.0. The Labute approximate surface area is 145 Å². The lowest BCUT2D eigenvalue weighted by molar-refractivity contribution is -0.131. The molecule has 130 valence electrons. The van der Waals surface area contributed by atoms with E-state index in [-0.39, 0.29) is 30.8 Å². The summed E-state index contributed by atoms with van der Waals surface area (Å²) in [6.07, 6.45) is 2.39. The molecule has 0 spiro atoms. The van der Waals surface area contributed by atoms with Gasteiger partial charge in [-0.05, 0) is 35.7 Å². The molecule has 25 heavy (non-hydrogen) atoms. The molecule has 5 heteroatoms. The minimum atomic E-state index is -0.323. The quantitative estimate of drug-likeness (QED) is 0.722. The Morgan fingerprint density at radius 2 is 2.00 bits per heavy atom. The number of hydrogen-bond donors (Lipinski definition) is 2. The van der Waals surface area contributed by atoms with Gasteiger partial charge in [-0.2, -0.15) is 0 Å². The number of amides is 1. The molecule has 1 atom stereocenters. The number of H-pyrrole nitrogens is 1. The maximum absolute atomic E-state index is 13.5. The molecule has 3 aromatic rings. The fourth-order valence-electron chi connectivity index (χ4n) is 3.14. The first-order valence-corrected chi connectivity index (χ1v) is 8.27. The van der Waals surface area contributed by atoms with E-state index in [1.54, 1.807) is 24.2 Å². The summed E-state index contributed by atoms with van der Waals surface area (Å²) >= 11 is 0. The Hall–Kier alpha value is -2.66. The van der Waals surface area contributed by atoms with Gasteiger partial charge in [0.15, 0.2) is 0 Å². The molecule has 0 bridgehead atoms. The van der Waals surface area contributed by atoms with Crippen LogP contribution >= 0.6 is 0 Å². The molecule has 0 saturated heterocycles. The van der Waals surface area contributed by atoms with Crippen LogP contribution in [-0.2, 0) is 11.2 Å². The van der Waals surface area contributed by atoms with E-state index in [1.165, 1.54) is 12.1 Å². The number of aliphatic hydroxyl groups excluding tert-OH is 1. The lowest BCUT2D eigenvalue weighted by Gasteiger charge is -2.28. The number of hydrogen-bond acceptors (Lipinski definition) is 2. The average molecular weight is 340 g/mol. The molecule has 1 heterocycles. The van der Waals surface area contributed by atoms with Crippen LogP contribution in [0.25, 0.3) is 10.9 Å². The summed E-state index contributed by atoms with van der Waals surface area (Å²) in [4.78, 5) is 17.5. The molecular formula is C20H21FN2O2. The van der Waals surface area contributed by atoms with Crippen LogP contribution < -0.4 is 0 Å². The number of benzene rings is 2. The second-order valence-corrected chi connectivity index (χ2v) is 6.12. The number of carbonyl (C=O) groups excluding carboxylic acids is 1. The molecule has 1 amide bonds. The number of carbonyl (C=O) groups is 1. The second kappa shape index (κ2) is 7.49. The summed E-state index contributed by atoms with van der Waals surface area (Å²) in [6, 6.07) is 14.0. The Morgan fingerprint density at radius 3 is 2.72 bits per heavy atom. The largest absolute Gasteiger partial charge is 0.396 e. The number of aromatic amines is 1. The highest BCUT2D eigenvalue weighted by Crippen LogP contribution is 2.25. The van der Waals surface area contributed by atoms with E-state index in [9.17, 15) is 14.3 Å². The normalized spacial score (nSPS) is 12.3. The van der Waals surface area contributed by atoms with E-state index >= 15 is 0 Å². The minimum Gasteiger partial charge on any atom is -0.396 e. The van der Waals surface area contributed by atoms with E-state index < -0.39 is 0 Å². The van der Waals surface area contributed by atoms with Gasteiger partial charge >= 0.3 is 0 Å². The first-order valence-electron chi connectivity index (χ1n) is 8.27. The zero-order valence-corrected chi connectivity index (χ0v) is 14.1. The fourth-order valence-corrected chi connectivity index (χ4v) is 3.14. The van der Waals surface area contributed by atoms with Gasteiger partial charge in [0.2, 0.25) is 5.91 Å². The maximum Gasteiger partial charge on any atom is 0.227 e. The Kier molecular flexibility index (Phi) is 5.14. The Balaban J connectivity index is 1.82. The van der Waals surface area contributed by atoms with E-state index in [1.807, 2.05) is 30.3 Å². The minimum absolute atomic E-state index is 0.00449. The van der Waals surface area contributed by atoms with Crippen LogP contribution in [0.4, 0.5) is 4.39 Å². The molecule has 0 aliphatic heterocycles. The molecule has 3 rings (SSSR count). The highest BCUT2D eigenvalue weighted by Gasteiger charge is 2.22. The molecule has 1 aromatic heterocycles. The van der Waals surface area contributed by atoms with Crippen molar-refractivity contribution in [2.45, 2.75) is 18.9 Å². The van der Waals surface area contributed by atoms with Gasteiger partial charge in [0.25, 0.3) is 0 Å². The predicted octanol–water partition coefficient (Wildman–Crippen LogP) is 3.43. The van der Waals surface area contributed by atoms with Crippen molar-refractivity contribution in [3.8, 4) is 0 Å². The summed E-state index contributed by atoms with van der Waals surface area (Å²) < 4.78 is 13.5. The molecule has 4 nitrogen and oxygen atoms in total.